The maximum absolute atomic E-state index is 13.8. The van der Waals surface area contributed by atoms with Gasteiger partial charge in [0.1, 0.15) is 5.75 Å². The maximum atomic E-state index is 13.8. The summed E-state index contributed by atoms with van der Waals surface area (Å²) in [5.74, 6) is 0.181. The monoisotopic (exact) mass is 368 g/mol. The normalized spacial score (nSPS) is 13.7. The van der Waals surface area contributed by atoms with E-state index in [2.05, 4.69) is 0 Å². The molecule has 0 saturated carbocycles. The highest BCUT2D eigenvalue weighted by Gasteiger charge is 2.68. The number of hydrogen-bond donors (Lipinski definition) is 0. The summed E-state index contributed by atoms with van der Waals surface area (Å²) in [5.41, 5.74) is -10.4. The van der Waals surface area contributed by atoms with Crippen LogP contribution in [0, 0.1) is 6.92 Å². The number of rotatable bonds is 3. The van der Waals surface area contributed by atoms with Crippen LogP contribution in [0.4, 0.5) is 26.3 Å². The van der Waals surface area contributed by atoms with E-state index in [1.165, 1.54) is 19.2 Å². The van der Waals surface area contributed by atoms with Crippen molar-refractivity contribution in [2.75, 3.05) is 7.11 Å². The quantitative estimate of drug-likeness (QED) is 0.581. The van der Waals surface area contributed by atoms with Gasteiger partial charge in [-0.3, -0.25) is 0 Å². The Balaban J connectivity index is 2.83. The van der Waals surface area contributed by atoms with E-state index in [0.29, 0.717) is 5.56 Å². The molecule has 2 aromatic rings. The molecular weight excluding hydrogens is 354 g/mol. The first-order valence-electron chi connectivity index (χ1n) is 6.71. The fraction of sp³-hybridized carbons (Fsp3) is 0.250. The molecule has 0 amide bonds. The number of methoxy groups -OCH3 is 1. The zero-order valence-corrected chi connectivity index (χ0v) is 13.5. The summed E-state index contributed by atoms with van der Waals surface area (Å²) >= 11 is 0. The molecule has 0 atom stereocenters. The molecular formula is C16H14F6OS. The molecule has 0 aromatic heterocycles. The van der Waals surface area contributed by atoms with Gasteiger partial charge in [-0.2, -0.15) is 26.3 Å². The minimum atomic E-state index is -5.49. The SMILES string of the molecule is COc1ccc(S(c2ccc(C)cc2)(C(F)(F)F)C(F)(F)F)cc1. The van der Waals surface area contributed by atoms with Crippen LogP contribution in [0.5, 0.6) is 5.75 Å². The van der Waals surface area contributed by atoms with Crippen LogP contribution in [0.15, 0.2) is 58.3 Å². The van der Waals surface area contributed by atoms with Crippen molar-refractivity contribution in [1.29, 1.82) is 0 Å². The molecule has 132 valence electrons. The third-order valence-corrected chi connectivity index (χ3v) is 6.83. The Morgan fingerprint density at radius 3 is 1.42 bits per heavy atom. The van der Waals surface area contributed by atoms with E-state index in [1.807, 2.05) is 0 Å². The Morgan fingerprint density at radius 2 is 1.08 bits per heavy atom. The van der Waals surface area contributed by atoms with Gasteiger partial charge in [0.2, 0.25) is 0 Å². The predicted octanol–water partition coefficient (Wildman–Crippen LogP) is 6.27. The molecule has 2 aromatic carbocycles. The standard InChI is InChI=1S/C16H14F6OS/c1-11-3-7-13(8-4-11)24(15(17,18)19,16(20,21)22)14-9-5-12(23-2)6-10-14/h3-10H,1-2H3. The smallest absolute Gasteiger partial charge is 0.440 e. The van der Waals surface area contributed by atoms with Crippen molar-refractivity contribution in [3.05, 3.63) is 54.1 Å². The van der Waals surface area contributed by atoms with Crippen LogP contribution in [-0.4, -0.2) is 18.1 Å². The van der Waals surface area contributed by atoms with E-state index in [-0.39, 0.29) is 5.75 Å². The van der Waals surface area contributed by atoms with E-state index in [4.69, 9.17) is 4.74 Å². The van der Waals surface area contributed by atoms with E-state index in [1.54, 1.807) is 6.92 Å². The lowest BCUT2D eigenvalue weighted by Gasteiger charge is -2.42. The van der Waals surface area contributed by atoms with Gasteiger partial charge in [0.25, 0.3) is 0 Å². The van der Waals surface area contributed by atoms with Crippen molar-refractivity contribution in [3.8, 4) is 5.75 Å². The third-order valence-electron chi connectivity index (χ3n) is 3.48. The molecule has 0 spiro atoms. The number of benzene rings is 2. The van der Waals surface area contributed by atoms with Crippen LogP contribution in [0.3, 0.4) is 0 Å². The molecule has 0 aliphatic rings. The molecule has 2 rings (SSSR count). The Bertz CT molecular complexity index is 674. The third kappa shape index (κ3) is 2.94. The summed E-state index contributed by atoms with van der Waals surface area (Å²) in [6.07, 6.45) is 0. The van der Waals surface area contributed by atoms with Crippen molar-refractivity contribution >= 4 is 10.0 Å². The van der Waals surface area contributed by atoms with Crippen molar-refractivity contribution < 1.29 is 31.1 Å². The minimum absolute atomic E-state index is 0.181. The fourth-order valence-corrected chi connectivity index (χ4v) is 5.02. The van der Waals surface area contributed by atoms with Gasteiger partial charge in [0, 0.05) is 19.8 Å². The predicted molar refractivity (Wildman–Crippen MR) is 80.4 cm³/mol. The zero-order chi connectivity index (χ0) is 18.2. The molecule has 0 N–H and O–H groups in total. The lowest BCUT2D eigenvalue weighted by Crippen LogP contribution is -2.33. The largest absolute Gasteiger partial charge is 0.497 e. The Hall–Kier alpha value is -1.83. The van der Waals surface area contributed by atoms with E-state index in [0.717, 1.165) is 36.4 Å². The minimum Gasteiger partial charge on any atom is -0.497 e. The van der Waals surface area contributed by atoms with Gasteiger partial charge >= 0.3 is 11.0 Å². The van der Waals surface area contributed by atoms with Gasteiger partial charge in [-0.25, -0.2) is 0 Å². The zero-order valence-electron chi connectivity index (χ0n) is 12.7. The molecule has 0 unspecified atom stereocenters. The highest BCUT2D eigenvalue weighted by molar-refractivity contribution is 8.35. The topological polar surface area (TPSA) is 9.23 Å². The first-order valence-corrected chi connectivity index (χ1v) is 8.34. The van der Waals surface area contributed by atoms with Crippen molar-refractivity contribution in [3.63, 3.8) is 0 Å². The first kappa shape index (κ1) is 18.5. The highest BCUT2D eigenvalue weighted by Crippen LogP contribution is 2.80. The highest BCUT2D eigenvalue weighted by atomic mass is 32.3. The average Bonchev–Trinajstić information content (AvgIpc) is 2.47. The number of alkyl halides is 6. The Kier molecular flexibility index (Phi) is 4.81. The van der Waals surface area contributed by atoms with Crippen LogP contribution in [0.25, 0.3) is 0 Å². The van der Waals surface area contributed by atoms with Crippen LogP contribution < -0.4 is 4.74 Å². The maximum Gasteiger partial charge on any atom is 0.440 e. The lowest BCUT2D eigenvalue weighted by molar-refractivity contribution is -0.0800. The summed E-state index contributed by atoms with van der Waals surface area (Å²) in [6, 6.07) is 8.15. The number of aryl methyl sites for hydroxylation is 1. The first-order chi connectivity index (χ1) is 11.0. The van der Waals surface area contributed by atoms with Gasteiger partial charge in [0.05, 0.1) is 7.11 Å². The number of ether oxygens (including phenoxy) is 1. The molecule has 0 saturated heterocycles. The van der Waals surface area contributed by atoms with Crippen LogP contribution >= 0.6 is 10.0 Å². The molecule has 1 nitrogen and oxygen atoms in total. The Labute approximate surface area is 136 Å². The second kappa shape index (κ2) is 6.23. The molecule has 0 aliphatic heterocycles. The van der Waals surface area contributed by atoms with Crippen LogP contribution in [-0.2, 0) is 0 Å². The second-order valence-electron chi connectivity index (χ2n) is 4.99. The van der Waals surface area contributed by atoms with Gasteiger partial charge in [-0.05, 0) is 43.3 Å². The van der Waals surface area contributed by atoms with Gasteiger partial charge < -0.3 is 4.74 Å². The molecule has 0 aliphatic carbocycles. The summed E-state index contributed by atoms with van der Waals surface area (Å²) in [4.78, 5) is -1.62. The fourth-order valence-electron chi connectivity index (χ4n) is 2.32. The van der Waals surface area contributed by atoms with E-state index in [9.17, 15) is 26.3 Å². The summed E-state index contributed by atoms with van der Waals surface area (Å²) in [5, 5.41) is 0. The van der Waals surface area contributed by atoms with Crippen molar-refractivity contribution in [1.82, 2.24) is 0 Å². The van der Waals surface area contributed by atoms with E-state index >= 15 is 0 Å². The summed E-state index contributed by atoms with van der Waals surface area (Å²) < 4.78 is 87.7. The molecule has 0 radical (unpaired) electrons. The second-order valence-corrected chi connectivity index (χ2v) is 8.09. The number of halogens is 6. The molecule has 0 heterocycles. The van der Waals surface area contributed by atoms with Gasteiger partial charge in [0.15, 0.2) is 0 Å². The molecule has 0 fully saturated rings. The Morgan fingerprint density at radius 1 is 0.708 bits per heavy atom. The average molecular weight is 368 g/mol. The molecule has 8 heteroatoms. The van der Waals surface area contributed by atoms with Crippen molar-refractivity contribution in [2.24, 2.45) is 0 Å². The van der Waals surface area contributed by atoms with Crippen LogP contribution in [0.2, 0.25) is 0 Å². The van der Waals surface area contributed by atoms with E-state index < -0.39 is 30.8 Å². The van der Waals surface area contributed by atoms with Crippen molar-refractivity contribution in [2.45, 2.75) is 27.7 Å². The summed E-state index contributed by atoms with van der Waals surface area (Å²) in [7, 11) is -4.00. The molecule has 0 bridgehead atoms. The van der Waals surface area contributed by atoms with Crippen LogP contribution in [0.1, 0.15) is 5.56 Å². The lowest BCUT2D eigenvalue weighted by atomic mass is 10.2. The van der Waals surface area contributed by atoms with Gasteiger partial charge in [-0.1, -0.05) is 17.7 Å². The van der Waals surface area contributed by atoms with Gasteiger partial charge in [-0.15, -0.1) is 0 Å². The summed E-state index contributed by atoms with van der Waals surface area (Å²) in [6.45, 7) is 1.59. The molecule has 24 heavy (non-hydrogen) atoms. The number of hydrogen-bond acceptors (Lipinski definition) is 1.